The second-order valence-electron chi connectivity index (χ2n) is 6.75. The third-order valence-corrected chi connectivity index (χ3v) is 5.17. The second-order valence-corrected chi connectivity index (χ2v) is 6.75. The fourth-order valence-corrected chi connectivity index (χ4v) is 3.73. The largest absolute Gasteiger partial charge is 0.353 e. The first-order valence-electron chi connectivity index (χ1n) is 8.46. The van der Waals surface area contributed by atoms with Crippen molar-refractivity contribution in [3.63, 3.8) is 0 Å². The van der Waals surface area contributed by atoms with E-state index in [1.165, 1.54) is 38.5 Å². The van der Waals surface area contributed by atoms with Gasteiger partial charge in [-0.25, -0.2) is 4.98 Å². The molecule has 122 valence electrons. The molecule has 3 rings (SSSR count). The van der Waals surface area contributed by atoms with Gasteiger partial charge < -0.3 is 10.2 Å². The number of aromatic nitrogens is 3. The summed E-state index contributed by atoms with van der Waals surface area (Å²) in [5.41, 5.74) is 0. The van der Waals surface area contributed by atoms with E-state index < -0.39 is 0 Å². The van der Waals surface area contributed by atoms with Crippen molar-refractivity contribution in [1.82, 2.24) is 25.0 Å². The molecule has 0 radical (unpaired) electrons. The smallest absolute Gasteiger partial charge is 0.194 e. The number of nitrogens with zero attached hydrogens (tertiary/aromatic N) is 5. The third-order valence-electron chi connectivity index (χ3n) is 5.17. The normalized spacial score (nSPS) is 26.0. The van der Waals surface area contributed by atoms with Crippen molar-refractivity contribution in [1.29, 1.82) is 0 Å². The molecule has 1 heterocycles. The topological polar surface area (TPSA) is 58.3 Å². The van der Waals surface area contributed by atoms with Gasteiger partial charge in [0.2, 0.25) is 0 Å². The van der Waals surface area contributed by atoms with Crippen LogP contribution in [0.4, 0.5) is 0 Å². The molecule has 2 unspecified atom stereocenters. The zero-order valence-electron chi connectivity index (χ0n) is 14.0. The lowest BCUT2D eigenvalue weighted by molar-refractivity contribution is 0.314. The third kappa shape index (κ3) is 3.42. The van der Waals surface area contributed by atoms with E-state index >= 15 is 0 Å². The summed E-state index contributed by atoms with van der Waals surface area (Å²) in [4.78, 5) is 10.8. The van der Waals surface area contributed by atoms with Gasteiger partial charge in [0.05, 0.1) is 6.54 Å². The molecule has 0 spiro atoms. The highest BCUT2D eigenvalue weighted by atomic mass is 15.4. The summed E-state index contributed by atoms with van der Waals surface area (Å²) in [5, 5.41) is 7.76. The van der Waals surface area contributed by atoms with Crippen LogP contribution in [0.3, 0.4) is 0 Å². The van der Waals surface area contributed by atoms with E-state index in [1.807, 2.05) is 18.8 Å². The summed E-state index contributed by atoms with van der Waals surface area (Å²) in [6, 6.07) is 0.615. The Balaban J connectivity index is 1.51. The van der Waals surface area contributed by atoms with Crippen molar-refractivity contribution in [3.8, 4) is 0 Å². The van der Waals surface area contributed by atoms with Crippen LogP contribution >= 0.6 is 0 Å². The summed E-state index contributed by atoms with van der Waals surface area (Å²) in [5.74, 6) is 3.71. The monoisotopic (exact) mass is 304 g/mol. The van der Waals surface area contributed by atoms with Crippen LogP contribution in [0, 0.1) is 11.8 Å². The first-order valence-corrected chi connectivity index (χ1v) is 8.46. The van der Waals surface area contributed by atoms with Crippen molar-refractivity contribution in [2.45, 2.75) is 51.1 Å². The van der Waals surface area contributed by atoms with Crippen molar-refractivity contribution >= 4 is 5.96 Å². The Bertz CT molecular complexity index is 516. The van der Waals surface area contributed by atoms with Crippen molar-refractivity contribution < 1.29 is 0 Å². The van der Waals surface area contributed by atoms with Crippen molar-refractivity contribution in [2.75, 3.05) is 14.1 Å². The van der Waals surface area contributed by atoms with Crippen LogP contribution in [0.25, 0.3) is 0 Å². The molecular weight excluding hydrogens is 276 g/mol. The Kier molecular flexibility index (Phi) is 4.64. The maximum Gasteiger partial charge on any atom is 0.194 e. The fraction of sp³-hybridized carbons (Fsp3) is 0.812. The van der Waals surface area contributed by atoms with E-state index in [1.54, 1.807) is 6.33 Å². The zero-order chi connectivity index (χ0) is 15.5. The van der Waals surface area contributed by atoms with Crippen LogP contribution in [0.15, 0.2) is 11.3 Å². The predicted molar refractivity (Wildman–Crippen MR) is 87.4 cm³/mol. The van der Waals surface area contributed by atoms with Gasteiger partial charge in [0.1, 0.15) is 12.2 Å². The SMILES string of the molecule is CN=C(NC1CC1C1CCCCC1)N(C)Cc1ncnn1C. The maximum atomic E-state index is 4.43. The Morgan fingerprint density at radius 1 is 1.41 bits per heavy atom. The zero-order valence-corrected chi connectivity index (χ0v) is 14.0. The fourth-order valence-electron chi connectivity index (χ4n) is 3.73. The van der Waals surface area contributed by atoms with Crippen LogP contribution in [-0.4, -0.2) is 45.8 Å². The van der Waals surface area contributed by atoms with Crippen LogP contribution < -0.4 is 5.32 Å². The van der Waals surface area contributed by atoms with Crippen LogP contribution in [0.5, 0.6) is 0 Å². The molecule has 6 nitrogen and oxygen atoms in total. The molecule has 2 saturated carbocycles. The Morgan fingerprint density at radius 2 is 2.18 bits per heavy atom. The van der Waals surface area contributed by atoms with E-state index in [-0.39, 0.29) is 0 Å². The summed E-state index contributed by atoms with van der Waals surface area (Å²) in [6.07, 6.45) is 10.0. The molecule has 2 fully saturated rings. The summed E-state index contributed by atoms with van der Waals surface area (Å²) >= 11 is 0. The lowest BCUT2D eigenvalue weighted by atomic mass is 9.85. The lowest BCUT2D eigenvalue weighted by Gasteiger charge is -2.24. The Hall–Kier alpha value is -1.59. The molecule has 0 bridgehead atoms. The van der Waals surface area contributed by atoms with Gasteiger partial charge in [-0.3, -0.25) is 9.67 Å². The lowest BCUT2D eigenvalue weighted by Crippen LogP contribution is -2.41. The average Bonchev–Trinajstić information content (AvgIpc) is 3.21. The van der Waals surface area contributed by atoms with Crippen molar-refractivity contribution in [3.05, 3.63) is 12.2 Å². The highest BCUT2D eigenvalue weighted by Gasteiger charge is 2.43. The minimum Gasteiger partial charge on any atom is -0.353 e. The van der Waals surface area contributed by atoms with Gasteiger partial charge >= 0.3 is 0 Å². The Morgan fingerprint density at radius 3 is 2.82 bits per heavy atom. The van der Waals surface area contributed by atoms with Crippen LogP contribution in [0.1, 0.15) is 44.3 Å². The first kappa shape index (κ1) is 15.3. The number of aliphatic imine (C=N–C) groups is 1. The molecule has 22 heavy (non-hydrogen) atoms. The molecular formula is C16H28N6. The number of nitrogens with one attached hydrogen (secondary N) is 1. The number of guanidine groups is 1. The van der Waals surface area contributed by atoms with Gasteiger partial charge in [0.15, 0.2) is 5.96 Å². The molecule has 0 saturated heterocycles. The molecule has 6 heteroatoms. The first-order chi connectivity index (χ1) is 10.7. The molecule has 1 N–H and O–H groups in total. The van der Waals surface area contributed by atoms with Gasteiger partial charge in [-0.15, -0.1) is 0 Å². The quantitative estimate of drug-likeness (QED) is 0.680. The van der Waals surface area contributed by atoms with Gasteiger partial charge in [0.25, 0.3) is 0 Å². The molecule has 1 aromatic heterocycles. The summed E-state index contributed by atoms with van der Waals surface area (Å²) in [7, 11) is 5.84. The second kappa shape index (κ2) is 6.67. The van der Waals surface area contributed by atoms with E-state index in [4.69, 9.17) is 0 Å². The number of rotatable bonds is 4. The van der Waals surface area contributed by atoms with E-state index in [0.717, 1.165) is 30.2 Å². The van der Waals surface area contributed by atoms with Crippen molar-refractivity contribution in [2.24, 2.45) is 23.9 Å². The predicted octanol–water partition coefficient (Wildman–Crippen LogP) is 1.79. The summed E-state index contributed by atoms with van der Waals surface area (Å²) < 4.78 is 1.81. The molecule has 2 aliphatic rings. The summed E-state index contributed by atoms with van der Waals surface area (Å²) in [6.45, 7) is 0.719. The van der Waals surface area contributed by atoms with E-state index in [9.17, 15) is 0 Å². The van der Waals surface area contributed by atoms with Crippen LogP contribution in [0.2, 0.25) is 0 Å². The van der Waals surface area contributed by atoms with E-state index in [2.05, 4.69) is 32.3 Å². The minimum atomic E-state index is 0.615. The minimum absolute atomic E-state index is 0.615. The van der Waals surface area contributed by atoms with Gasteiger partial charge in [-0.1, -0.05) is 32.1 Å². The van der Waals surface area contributed by atoms with Crippen LogP contribution in [-0.2, 0) is 13.6 Å². The number of aryl methyl sites for hydroxylation is 1. The highest BCUT2D eigenvalue weighted by molar-refractivity contribution is 5.80. The molecule has 1 aromatic rings. The van der Waals surface area contributed by atoms with Gasteiger partial charge in [0, 0.05) is 27.2 Å². The molecule has 2 atom stereocenters. The molecule has 2 aliphatic carbocycles. The maximum absolute atomic E-state index is 4.43. The van der Waals surface area contributed by atoms with E-state index in [0.29, 0.717) is 6.04 Å². The average molecular weight is 304 g/mol. The highest BCUT2D eigenvalue weighted by Crippen LogP contribution is 2.44. The number of hydrogen-bond acceptors (Lipinski definition) is 3. The molecule has 0 aromatic carbocycles. The number of hydrogen-bond donors (Lipinski definition) is 1. The molecule has 0 amide bonds. The van der Waals surface area contributed by atoms with Gasteiger partial charge in [-0.2, -0.15) is 5.10 Å². The standard InChI is InChI=1S/C16H28N6/c1-17-16(21(2)10-15-18-11-19-22(15)3)20-14-9-13(14)12-7-5-4-6-8-12/h11-14H,4-10H2,1-3H3,(H,17,20). The Labute approximate surface area is 133 Å². The van der Waals surface area contributed by atoms with Gasteiger partial charge in [-0.05, 0) is 18.3 Å². The molecule has 0 aliphatic heterocycles.